The second kappa shape index (κ2) is 10.4. The highest BCUT2D eigenvalue weighted by molar-refractivity contribution is 4.99. The molecule has 0 radical (unpaired) electrons. The fourth-order valence-electron chi connectivity index (χ4n) is 4.07. The first-order valence-electron chi connectivity index (χ1n) is 10.3. The number of ether oxygens (including phenoxy) is 2. The van der Waals surface area contributed by atoms with Gasteiger partial charge in [0.15, 0.2) is 11.6 Å². The van der Waals surface area contributed by atoms with Gasteiger partial charge >= 0.3 is 0 Å². The smallest absolute Gasteiger partial charge is 0.184 e. The maximum Gasteiger partial charge on any atom is 0.184 e. The maximum absolute atomic E-state index is 10.6. The minimum atomic E-state index is -1.90. The fraction of sp³-hybridized carbons (Fsp3) is 1.00. The highest BCUT2D eigenvalue weighted by Gasteiger charge is 2.52. The lowest BCUT2D eigenvalue weighted by Crippen LogP contribution is -2.68. The van der Waals surface area contributed by atoms with Crippen molar-refractivity contribution in [3.63, 3.8) is 0 Å². The van der Waals surface area contributed by atoms with E-state index in [-0.39, 0.29) is 12.8 Å². The van der Waals surface area contributed by atoms with Crippen LogP contribution in [0.15, 0.2) is 0 Å². The summed E-state index contributed by atoms with van der Waals surface area (Å²) >= 11 is 0. The summed E-state index contributed by atoms with van der Waals surface area (Å²) < 4.78 is 10.6. The second-order valence-electron chi connectivity index (χ2n) is 8.30. The minimum absolute atomic E-state index is 0.0617. The average molecular weight is 440 g/mol. The Labute approximate surface area is 174 Å². The van der Waals surface area contributed by atoms with Gasteiger partial charge in [-0.1, -0.05) is 12.8 Å². The molecule has 12 heteroatoms. The van der Waals surface area contributed by atoms with Gasteiger partial charge in [-0.05, 0) is 12.8 Å². The van der Waals surface area contributed by atoms with E-state index in [0.717, 1.165) is 0 Å². The predicted octanol–water partition coefficient (Wildman–Crippen LogP) is -4.42. The van der Waals surface area contributed by atoms with Crippen LogP contribution in [0.5, 0.6) is 0 Å². The number of rotatable bonds is 9. The van der Waals surface area contributed by atoms with Crippen molar-refractivity contribution in [3.8, 4) is 0 Å². The standard InChI is InChI=1S/C18H36N2O10/c19-15-13(25)11(23)9(7-21)29-17(15,27)5-3-1-2-4-6-18(28)16(20)14(26)12(24)10(8-22)30-18/h9-16,21-28H,1-8,19-20H2/t9-,10-,11-,12-,13+,14+,15-,16-,17?,18?/m1/s1. The zero-order valence-corrected chi connectivity index (χ0v) is 16.8. The van der Waals surface area contributed by atoms with Gasteiger partial charge in [-0.15, -0.1) is 0 Å². The van der Waals surface area contributed by atoms with Crippen LogP contribution in [-0.2, 0) is 9.47 Å². The second-order valence-corrected chi connectivity index (χ2v) is 8.30. The van der Waals surface area contributed by atoms with E-state index < -0.39 is 73.5 Å². The molecular formula is C18H36N2O10. The van der Waals surface area contributed by atoms with E-state index in [1.807, 2.05) is 0 Å². The first-order chi connectivity index (χ1) is 14.0. The van der Waals surface area contributed by atoms with Crippen LogP contribution in [0.1, 0.15) is 38.5 Å². The normalized spacial score (nSPS) is 47.4. The van der Waals surface area contributed by atoms with Gasteiger partial charge in [-0.2, -0.15) is 0 Å². The van der Waals surface area contributed by atoms with Crippen LogP contribution in [0.4, 0.5) is 0 Å². The van der Waals surface area contributed by atoms with Crippen molar-refractivity contribution in [3.05, 3.63) is 0 Å². The van der Waals surface area contributed by atoms with Gasteiger partial charge in [0.25, 0.3) is 0 Å². The quantitative estimate of drug-likeness (QED) is 0.153. The maximum atomic E-state index is 10.6. The SMILES string of the molecule is N[C@@H]1[C@@H](O)[C@H](O)[C@@H](CO)OC1(O)CCCCCCC1(O)O[C@H](CO)[C@@H](O)[C@H](O)[C@H]1N. The van der Waals surface area contributed by atoms with E-state index in [9.17, 15) is 40.9 Å². The van der Waals surface area contributed by atoms with Crippen molar-refractivity contribution < 1.29 is 50.3 Å². The number of hydrogen-bond acceptors (Lipinski definition) is 12. The number of aliphatic hydroxyl groups is 8. The van der Waals surface area contributed by atoms with E-state index in [2.05, 4.69) is 0 Å². The van der Waals surface area contributed by atoms with Crippen molar-refractivity contribution in [1.29, 1.82) is 0 Å². The molecule has 12 nitrogen and oxygen atoms in total. The van der Waals surface area contributed by atoms with Gasteiger partial charge in [-0.3, -0.25) is 0 Å². The molecule has 0 aromatic carbocycles. The predicted molar refractivity (Wildman–Crippen MR) is 101 cm³/mol. The minimum Gasteiger partial charge on any atom is -0.394 e. The highest BCUT2D eigenvalue weighted by atomic mass is 16.7. The van der Waals surface area contributed by atoms with E-state index in [4.69, 9.17) is 20.9 Å². The van der Waals surface area contributed by atoms with E-state index in [0.29, 0.717) is 25.7 Å². The number of aliphatic hydroxyl groups excluding tert-OH is 6. The van der Waals surface area contributed by atoms with Crippen LogP contribution >= 0.6 is 0 Å². The summed E-state index contributed by atoms with van der Waals surface area (Å²) in [4.78, 5) is 0. The Morgan fingerprint density at radius 1 is 0.600 bits per heavy atom. The molecule has 0 aromatic heterocycles. The zero-order chi connectivity index (χ0) is 22.7. The molecule has 2 fully saturated rings. The molecule has 2 aliphatic rings. The Kier molecular flexibility index (Phi) is 8.96. The number of nitrogens with two attached hydrogens (primary N) is 2. The largest absolute Gasteiger partial charge is 0.394 e. The molecule has 0 aromatic rings. The fourth-order valence-corrected chi connectivity index (χ4v) is 4.07. The molecule has 0 bridgehead atoms. The van der Waals surface area contributed by atoms with E-state index in [1.54, 1.807) is 0 Å². The number of hydrogen-bond donors (Lipinski definition) is 10. The van der Waals surface area contributed by atoms with Crippen LogP contribution in [0, 0.1) is 0 Å². The topological polar surface area (TPSA) is 232 Å². The van der Waals surface area contributed by atoms with Gasteiger partial charge in [0, 0.05) is 12.8 Å². The molecular weight excluding hydrogens is 404 g/mol. The summed E-state index contributed by atoms with van der Waals surface area (Å²) in [7, 11) is 0. The van der Waals surface area contributed by atoms with Crippen LogP contribution in [0.2, 0.25) is 0 Å². The molecule has 2 rings (SSSR count). The van der Waals surface area contributed by atoms with Crippen LogP contribution < -0.4 is 11.5 Å². The van der Waals surface area contributed by atoms with Gasteiger partial charge in [0.1, 0.15) is 36.6 Å². The molecule has 12 N–H and O–H groups in total. The Morgan fingerprint density at radius 2 is 0.933 bits per heavy atom. The van der Waals surface area contributed by atoms with E-state index >= 15 is 0 Å². The monoisotopic (exact) mass is 440 g/mol. The van der Waals surface area contributed by atoms with Gasteiger partial charge in [-0.25, -0.2) is 0 Å². The molecule has 0 saturated carbocycles. The van der Waals surface area contributed by atoms with Gasteiger partial charge < -0.3 is 61.8 Å². The summed E-state index contributed by atoms with van der Waals surface area (Å²) in [6, 6.07) is -2.49. The molecule has 178 valence electrons. The molecule has 0 spiro atoms. The lowest BCUT2D eigenvalue weighted by Gasteiger charge is -2.46. The number of unbranched alkanes of at least 4 members (excludes halogenated alkanes) is 3. The Morgan fingerprint density at radius 3 is 1.23 bits per heavy atom. The van der Waals surface area contributed by atoms with E-state index in [1.165, 1.54) is 0 Å². The van der Waals surface area contributed by atoms with Crippen molar-refractivity contribution >= 4 is 0 Å². The summed E-state index contributed by atoms with van der Waals surface area (Å²) in [6.07, 6.45) is -5.81. The third kappa shape index (κ3) is 5.28. The Hall–Kier alpha value is -0.480. The van der Waals surface area contributed by atoms with Crippen molar-refractivity contribution in [2.45, 2.75) is 98.8 Å². The molecule has 10 atom stereocenters. The summed E-state index contributed by atoms with van der Waals surface area (Å²) in [5.74, 6) is -3.79. The van der Waals surface area contributed by atoms with Crippen molar-refractivity contribution in [2.24, 2.45) is 11.5 Å². The molecule has 2 heterocycles. The Balaban J connectivity index is 1.78. The molecule has 30 heavy (non-hydrogen) atoms. The van der Waals surface area contributed by atoms with Crippen molar-refractivity contribution in [2.75, 3.05) is 13.2 Å². The summed E-state index contributed by atoms with van der Waals surface area (Å²) in [6.45, 7) is -1.16. The summed E-state index contributed by atoms with van der Waals surface area (Å²) in [5.41, 5.74) is 11.6. The molecule has 0 amide bonds. The molecule has 0 aliphatic carbocycles. The molecule has 2 unspecified atom stereocenters. The van der Waals surface area contributed by atoms with Gasteiger partial charge in [0.2, 0.25) is 0 Å². The Bertz CT molecular complexity index is 495. The van der Waals surface area contributed by atoms with Crippen LogP contribution in [0.25, 0.3) is 0 Å². The first kappa shape index (κ1) is 25.8. The third-order valence-corrected chi connectivity index (χ3v) is 6.13. The zero-order valence-electron chi connectivity index (χ0n) is 16.8. The lowest BCUT2D eigenvalue weighted by molar-refractivity contribution is -0.317. The van der Waals surface area contributed by atoms with Crippen molar-refractivity contribution in [1.82, 2.24) is 0 Å². The average Bonchev–Trinajstić information content (AvgIpc) is 2.73. The van der Waals surface area contributed by atoms with Gasteiger partial charge in [0.05, 0.1) is 25.3 Å². The highest BCUT2D eigenvalue weighted by Crippen LogP contribution is 2.33. The first-order valence-corrected chi connectivity index (χ1v) is 10.3. The molecule has 2 aliphatic heterocycles. The molecule has 2 saturated heterocycles. The third-order valence-electron chi connectivity index (χ3n) is 6.13. The van der Waals surface area contributed by atoms with Crippen LogP contribution in [0.3, 0.4) is 0 Å². The lowest BCUT2D eigenvalue weighted by atomic mass is 9.87. The summed E-state index contributed by atoms with van der Waals surface area (Å²) in [5, 5.41) is 79.2. The van der Waals surface area contributed by atoms with Crippen LogP contribution in [-0.4, -0.2) is 114 Å².